The van der Waals surface area contributed by atoms with Crippen molar-refractivity contribution in [2.24, 2.45) is 0 Å². The predicted octanol–water partition coefficient (Wildman–Crippen LogP) is 6.84. The van der Waals surface area contributed by atoms with Gasteiger partial charge in [0.05, 0.1) is 29.8 Å². The lowest BCUT2D eigenvalue weighted by Gasteiger charge is -2.25. The summed E-state index contributed by atoms with van der Waals surface area (Å²) in [5.74, 6) is -0.811. The summed E-state index contributed by atoms with van der Waals surface area (Å²) in [5.41, 5.74) is 3.67. The van der Waals surface area contributed by atoms with E-state index in [1.807, 2.05) is 94.4 Å². The third kappa shape index (κ3) is 6.22. The molecule has 0 spiro atoms. The molecule has 3 aromatic carbocycles. The summed E-state index contributed by atoms with van der Waals surface area (Å²) in [4.78, 5) is 31.9. The van der Waals surface area contributed by atoms with Gasteiger partial charge in [0.1, 0.15) is 11.4 Å². The second kappa shape index (κ2) is 11.4. The number of methoxy groups -OCH3 is 1. The highest BCUT2D eigenvalue weighted by atomic mass is 79.9. The number of nitrogens with one attached hydrogen (secondary N) is 1. The largest absolute Gasteiger partial charge is 0.497 e. The maximum absolute atomic E-state index is 13.8. The monoisotopic (exact) mass is 574 g/mol. The fourth-order valence-electron chi connectivity index (χ4n) is 4.35. The molecule has 1 heterocycles. The summed E-state index contributed by atoms with van der Waals surface area (Å²) < 4.78 is 11.9. The van der Waals surface area contributed by atoms with Gasteiger partial charge in [0.15, 0.2) is 0 Å². The number of pyridine rings is 1. The molecular formula is C31H31BrN2O4. The second-order valence-corrected chi connectivity index (χ2v) is 11.0. The highest BCUT2D eigenvalue weighted by molar-refractivity contribution is 9.10. The molecule has 0 radical (unpaired) electrons. The molecule has 4 aromatic rings. The summed E-state index contributed by atoms with van der Waals surface area (Å²) in [7, 11) is 1.57. The van der Waals surface area contributed by atoms with Crippen LogP contribution in [0.5, 0.6) is 5.75 Å². The molecule has 1 atom stereocenters. The van der Waals surface area contributed by atoms with Crippen LogP contribution in [0.2, 0.25) is 0 Å². The van der Waals surface area contributed by atoms with Crippen molar-refractivity contribution in [1.82, 2.24) is 10.3 Å². The van der Waals surface area contributed by atoms with E-state index in [0.29, 0.717) is 22.4 Å². The molecule has 6 nitrogen and oxygen atoms in total. The molecule has 1 amide bonds. The Morgan fingerprint density at radius 2 is 1.74 bits per heavy atom. The Balaban J connectivity index is 1.73. The van der Waals surface area contributed by atoms with Crippen LogP contribution >= 0.6 is 15.9 Å². The van der Waals surface area contributed by atoms with Gasteiger partial charge in [0, 0.05) is 22.0 Å². The summed E-state index contributed by atoms with van der Waals surface area (Å²) in [5, 5.41) is 3.74. The Morgan fingerprint density at radius 1 is 1.00 bits per heavy atom. The summed E-state index contributed by atoms with van der Waals surface area (Å²) >= 11 is 3.52. The minimum atomic E-state index is -0.720. The molecule has 38 heavy (non-hydrogen) atoms. The lowest BCUT2D eigenvalue weighted by Crippen LogP contribution is -2.36. The van der Waals surface area contributed by atoms with Crippen molar-refractivity contribution in [3.8, 4) is 17.0 Å². The van der Waals surface area contributed by atoms with E-state index in [0.717, 1.165) is 26.7 Å². The molecule has 0 bridgehead atoms. The number of carbonyl (C=O) groups is 2. The number of hydrogen-bond donors (Lipinski definition) is 1. The van der Waals surface area contributed by atoms with Crippen molar-refractivity contribution in [2.45, 2.75) is 39.2 Å². The van der Waals surface area contributed by atoms with Gasteiger partial charge >= 0.3 is 5.97 Å². The van der Waals surface area contributed by atoms with Gasteiger partial charge in [-0.15, -0.1) is 0 Å². The van der Waals surface area contributed by atoms with E-state index in [2.05, 4.69) is 21.2 Å². The third-order valence-electron chi connectivity index (χ3n) is 6.12. The van der Waals surface area contributed by atoms with Gasteiger partial charge in [-0.3, -0.25) is 9.59 Å². The van der Waals surface area contributed by atoms with Crippen LogP contribution in [0.25, 0.3) is 22.2 Å². The van der Waals surface area contributed by atoms with Crippen LogP contribution in [0.3, 0.4) is 0 Å². The molecule has 4 rings (SSSR count). The highest BCUT2D eigenvalue weighted by Crippen LogP contribution is 2.32. The number of nitrogens with zero attached hydrogens (tertiary/aromatic N) is 1. The smallest absolute Gasteiger partial charge is 0.315 e. The van der Waals surface area contributed by atoms with E-state index in [1.54, 1.807) is 13.2 Å². The van der Waals surface area contributed by atoms with Crippen molar-refractivity contribution < 1.29 is 19.1 Å². The number of halogens is 1. The molecule has 196 valence electrons. The molecule has 1 unspecified atom stereocenters. The molecule has 0 aliphatic heterocycles. The zero-order chi connectivity index (χ0) is 27.4. The molecule has 7 heteroatoms. The molecular weight excluding hydrogens is 544 g/mol. The fraction of sp³-hybridized carbons (Fsp3) is 0.258. The minimum absolute atomic E-state index is 0.0544. The first-order chi connectivity index (χ1) is 18.1. The summed E-state index contributed by atoms with van der Waals surface area (Å²) in [6.07, 6.45) is 0. The van der Waals surface area contributed by atoms with E-state index in [9.17, 15) is 9.59 Å². The van der Waals surface area contributed by atoms with Crippen molar-refractivity contribution in [3.63, 3.8) is 0 Å². The van der Waals surface area contributed by atoms with Crippen LogP contribution in [0, 0.1) is 6.92 Å². The molecule has 0 aliphatic rings. The quantitative estimate of drug-likeness (QED) is 0.244. The number of aromatic nitrogens is 1. The summed E-state index contributed by atoms with van der Waals surface area (Å²) in [6.45, 7) is 7.42. The fourth-order valence-corrected chi connectivity index (χ4v) is 4.71. The number of rotatable bonds is 7. The number of ether oxygens (including phenoxy) is 2. The molecule has 1 N–H and O–H groups in total. The SMILES string of the molecule is COc1cccc(C(CNC(=O)c2c(C)c(-c3ccccc3)nc3ccc(Br)cc23)C(=O)OC(C)(C)C)c1. The predicted molar refractivity (Wildman–Crippen MR) is 154 cm³/mol. The number of fused-ring (bicyclic) bond motifs is 1. The van der Waals surface area contributed by atoms with Crippen LogP contribution in [0.1, 0.15) is 48.2 Å². The minimum Gasteiger partial charge on any atom is -0.497 e. The first-order valence-corrected chi connectivity index (χ1v) is 13.2. The van der Waals surface area contributed by atoms with Crippen LogP contribution in [-0.2, 0) is 9.53 Å². The van der Waals surface area contributed by atoms with Gasteiger partial charge in [-0.2, -0.15) is 0 Å². The Labute approximate surface area is 231 Å². The second-order valence-electron chi connectivity index (χ2n) is 10.1. The van der Waals surface area contributed by atoms with Gasteiger partial charge in [0.2, 0.25) is 0 Å². The van der Waals surface area contributed by atoms with Crippen molar-refractivity contribution in [3.05, 3.63) is 94.0 Å². The normalized spacial score (nSPS) is 12.2. The van der Waals surface area contributed by atoms with E-state index in [4.69, 9.17) is 14.5 Å². The molecule has 0 aliphatic carbocycles. The Kier molecular flexibility index (Phi) is 8.17. The lowest BCUT2D eigenvalue weighted by atomic mass is 9.96. The molecule has 0 saturated carbocycles. The van der Waals surface area contributed by atoms with E-state index >= 15 is 0 Å². The van der Waals surface area contributed by atoms with Gasteiger partial charge < -0.3 is 14.8 Å². The van der Waals surface area contributed by atoms with Crippen LogP contribution in [-0.4, -0.2) is 36.1 Å². The van der Waals surface area contributed by atoms with E-state index < -0.39 is 17.5 Å². The number of hydrogen-bond acceptors (Lipinski definition) is 5. The maximum Gasteiger partial charge on any atom is 0.315 e. The van der Waals surface area contributed by atoms with Gasteiger partial charge in [-0.1, -0.05) is 58.4 Å². The van der Waals surface area contributed by atoms with Gasteiger partial charge in [-0.25, -0.2) is 4.98 Å². The third-order valence-corrected chi connectivity index (χ3v) is 6.61. The van der Waals surface area contributed by atoms with Crippen LogP contribution in [0.4, 0.5) is 0 Å². The maximum atomic E-state index is 13.8. The number of benzene rings is 3. The standard InChI is InChI=1S/C31H31BrN2O4/c1-19-27(24-17-22(32)14-15-26(24)34-28(19)20-10-7-6-8-11-20)29(35)33-18-25(30(36)38-31(2,3)4)21-12-9-13-23(16-21)37-5/h6-17,25H,18H2,1-5H3,(H,33,35). The lowest BCUT2D eigenvalue weighted by molar-refractivity contribution is -0.156. The molecule has 1 aromatic heterocycles. The van der Waals surface area contributed by atoms with Crippen molar-refractivity contribution >= 4 is 38.7 Å². The zero-order valence-corrected chi connectivity index (χ0v) is 23.8. The van der Waals surface area contributed by atoms with Gasteiger partial charge in [-0.05, 0) is 69.2 Å². The first-order valence-electron chi connectivity index (χ1n) is 12.4. The zero-order valence-electron chi connectivity index (χ0n) is 22.2. The Bertz CT molecular complexity index is 1480. The summed E-state index contributed by atoms with van der Waals surface area (Å²) in [6, 6.07) is 22.7. The van der Waals surface area contributed by atoms with Crippen molar-refractivity contribution in [1.29, 1.82) is 0 Å². The topological polar surface area (TPSA) is 77.5 Å². The highest BCUT2D eigenvalue weighted by Gasteiger charge is 2.28. The Hall–Kier alpha value is -3.71. The Morgan fingerprint density at radius 3 is 2.42 bits per heavy atom. The van der Waals surface area contributed by atoms with Gasteiger partial charge in [0.25, 0.3) is 5.91 Å². The average molecular weight is 576 g/mol. The molecule has 0 saturated heterocycles. The first kappa shape index (κ1) is 27.3. The molecule has 0 fully saturated rings. The number of carbonyl (C=O) groups excluding carboxylic acids is 2. The average Bonchev–Trinajstić information content (AvgIpc) is 2.88. The van der Waals surface area contributed by atoms with E-state index in [-0.39, 0.29) is 12.5 Å². The van der Waals surface area contributed by atoms with Crippen LogP contribution < -0.4 is 10.1 Å². The van der Waals surface area contributed by atoms with E-state index in [1.165, 1.54) is 0 Å². The number of esters is 1. The number of amides is 1. The van der Waals surface area contributed by atoms with Crippen LogP contribution in [0.15, 0.2) is 77.3 Å². The van der Waals surface area contributed by atoms with Crippen molar-refractivity contribution in [2.75, 3.05) is 13.7 Å².